The summed E-state index contributed by atoms with van der Waals surface area (Å²) in [6.45, 7) is 0. The molecule has 0 aliphatic rings. The van der Waals surface area contributed by atoms with Crippen LogP contribution in [0.2, 0.25) is 10.0 Å². The minimum Gasteiger partial charge on any atom is -0.288 e. The van der Waals surface area contributed by atoms with Crippen molar-refractivity contribution in [1.29, 1.82) is 0 Å². The molecule has 0 bridgehead atoms. The average molecular weight is 401 g/mol. The first kappa shape index (κ1) is 18.0. The molecule has 7 heteroatoms. The summed E-state index contributed by atoms with van der Waals surface area (Å²) >= 11 is 12.7. The van der Waals surface area contributed by atoms with Crippen molar-refractivity contribution < 1.29 is 18.0 Å². The van der Waals surface area contributed by atoms with Gasteiger partial charge in [-0.2, -0.15) is 13.2 Å². The molecule has 0 fully saturated rings. The summed E-state index contributed by atoms with van der Waals surface area (Å²) in [7, 11) is 0. The van der Waals surface area contributed by atoms with E-state index in [0.717, 1.165) is 33.6 Å². The van der Waals surface area contributed by atoms with Crippen molar-refractivity contribution in [1.82, 2.24) is 0 Å². The lowest BCUT2D eigenvalue weighted by atomic mass is 10.0. The molecule has 1 aromatic heterocycles. The first-order valence-corrected chi connectivity index (χ1v) is 8.59. The van der Waals surface area contributed by atoms with E-state index in [4.69, 9.17) is 23.2 Å². The van der Waals surface area contributed by atoms with E-state index < -0.39 is 17.5 Å². The number of hydrogen-bond acceptors (Lipinski definition) is 2. The maximum absolute atomic E-state index is 13.4. The molecule has 1 heterocycles. The van der Waals surface area contributed by atoms with Crippen LogP contribution in [0.15, 0.2) is 54.6 Å². The molecule has 3 rings (SSSR count). The molecule has 0 N–H and O–H groups in total. The third-order valence-corrected chi connectivity index (χ3v) is 4.99. The van der Waals surface area contributed by atoms with Gasteiger partial charge in [-0.15, -0.1) is 11.3 Å². The van der Waals surface area contributed by atoms with E-state index in [2.05, 4.69) is 0 Å². The van der Waals surface area contributed by atoms with Gasteiger partial charge in [0.05, 0.1) is 10.5 Å². The van der Waals surface area contributed by atoms with Gasteiger partial charge in [0.25, 0.3) is 0 Å². The molecule has 1 nitrogen and oxygen atoms in total. The molecular formula is C18H9Cl2F3OS. The van der Waals surface area contributed by atoms with Crippen LogP contribution in [0.25, 0.3) is 15.7 Å². The van der Waals surface area contributed by atoms with Crippen LogP contribution >= 0.6 is 34.5 Å². The van der Waals surface area contributed by atoms with Crippen LogP contribution in [0.3, 0.4) is 0 Å². The Balaban J connectivity index is 2.07. The highest BCUT2D eigenvalue weighted by Crippen LogP contribution is 2.37. The lowest BCUT2D eigenvalue weighted by Crippen LogP contribution is -2.12. The Morgan fingerprint density at radius 1 is 1.00 bits per heavy atom. The molecular weight excluding hydrogens is 392 g/mol. The van der Waals surface area contributed by atoms with Crippen LogP contribution in [0.1, 0.15) is 15.2 Å². The number of carbonyl (C=O) groups excluding carboxylic acids is 1. The third kappa shape index (κ3) is 4.06. The van der Waals surface area contributed by atoms with Gasteiger partial charge in [-0.05, 0) is 47.4 Å². The molecule has 0 atom stereocenters. The Kier molecular flexibility index (Phi) is 4.91. The molecule has 0 saturated carbocycles. The van der Waals surface area contributed by atoms with Gasteiger partial charge >= 0.3 is 6.18 Å². The fourth-order valence-electron chi connectivity index (χ4n) is 2.34. The number of alkyl halides is 3. The zero-order chi connectivity index (χ0) is 18.2. The standard InChI is InChI=1S/C18H9Cl2F3OS/c19-12-5-11(6-13(20)8-12)14(18(21,22)23)9-15(24)17-7-10-3-1-2-4-16(10)25-17/h1-9H/b14-9-. The number of rotatable bonds is 3. The number of benzene rings is 2. The number of fused-ring (bicyclic) bond motifs is 1. The van der Waals surface area contributed by atoms with Gasteiger partial charge in [-0.3, -0.25) is 4.79 Å². The molecule has 3 aromatic rings. The topological polar surface area (TPSA) is 17.1 Å². The molecule has 0 radical (unpaired) electrons. The van der Waals surface area contributed by atoms with Gasteiger partial charge in [-0.1, -0.05) is 41.4 Å². The Morgan fingerprint density at radius 2 is 1.64 bits per heavy atom. The normalized spacial score (nSPS) is 12.6. The van der Waals surface area contributed by atoms with E-state index in [1.807, 2.05) is 6.07 Å². The van der Waals surface area contributed by atoms with Crippen molar-refractivity contribution in [2.24, 2.45) is 0 Å². The SMILES string of the molecule is O=C(/C=C(/c1cc(Cl)cc(Cl)c1)C(F)(F)F)c1cc2ccccc2s1. The molecule has 2 aromatic carbocycles. The number of hydrogen-bond donors (Lipinski definition) is 0. The number of thiophene rings is 1. The summed E-state index contributed by atoms with van der Waals surface area (Å²) in [4.78, 5) is 12.6. The van der Waals surface area contributed by atoms with Crippen molar-refractivity contribution >= 4 is 56.0 Å². The van der Waals surface area contributed by atoms with Gasteiger partial charge in [0, 0.05) is 14.7 Å². The molecule has 0 saturated heterocycles. The summed E-state index contributed by atoms with van der Waals surface area (Å²) in [5.41, 5.74) is -1.33. The third-order valence-electron chi connectivity index (χ3n) is 3.42. The van der Waals surface area contributed by atoms with E-state index in [9.17, 15) is 18.0 Å². The second-order valence-electron chi connectivity index (χ2n) is 5.23. The average Bonchev–Trinajstić information content (AvgIpc) is 2.94. The number of allylic oxidation sites excluding steroid dienone is 2. The first-order chi connectivity index (χ1) is 11.7. The molecule has 0 aliphatic heterocycles. The van der Waals surface area contributed by atoms with E-state index in [1.165, 1.54) is 6.07 Å². The Hall–Kier alpha value is -1.82. The Bertz CT molecular complexity index is 936. The molecule has 25 heavy (non-hydrogen) atoms. The largest absolute Gasteiger partial charge is 0.417 e. The van der Waals surface area contributed by atoms with Crippen LogP contribution in [0.4, 0.5) is 13.2 Å². The smallest absolute Gasteiger partial charge is 0.288 e. The van der Waals surface area contributed by atoms with Crippen LogP contribution in [-0.2, 0) is 0 Å². The maximum atomic E-state index is 13.4. The molecule has 128 valence electrons. The lowest BCUT2D eigenvalue weighted by molar-refractivity contribution is -0.0689. The predicted molar refractivity (Wildman–Crippen MR) is 96.6 cm³/mol. The second-order valence-corrected chi connectivity index (χ2v) is 7.18. The van der Waals surface area contributed by atoms with E-state index in [1.54, 1.807) is 24.3 Å². The van der Waals surface area contributed by atoms with Crippen LogP contribution in [0, 0.1) is 0 Å². The second kappa shape index (κ2) is 6.83. The highest BCUT2D eigenvalue weighted by atomic mass is 35.5. The highest BCUT2D eigenvalue weighted by molar-refractivity contribution is 7.21. The predicted octanol–water partition coefficient (Wildman–Crippen LogP) is 7.04. The van der Waals surface area contributed by atoms with Crippen molar-refractivity contribution in [3.63, 3.8) is 0 Å². The quantitative estimate of drug-likeness (QED) is 0.340. The fourth-order valence-corrected chi connectivity index (χ4v) is 3.84. The van der Waals surface area contributed by atoms with Gasteiger partial charge in [0.2, 0.25) is 0 Å². The van der Waals surface area contributed by atoms with Crippen LogP contribution in [-0.4, -0.2) is 12.0 Å². The number of halogens is 5. The van der Waals surface area contributed by atoms with Gasteiger partial charge in [0.1, 0.15) is 0 Å². The minimum absolute atomic E-state index is 0.0620. The van der Waals surface area contributed by atoms with Crippen molar-refractivity contribution in [3.8, 4) is 0 Å². The molecule has 0 amide bonds. The molecule has 0 unspecified atom stereocenters. The van der Waals surface area contributed by atoms with Gasteiger partial charge < -0.3 is 0 Å². The summed E-state index contributed by atoms with van der Waals surface area (Å²) in [5, 5.41) is 0.933. The monoisotopic (exact) mass is 400 g/mol. The lowest BCUT2D eigenvalue weighted by Gasteiger charge is -2.12. The minimum atomic E-state index is -4.72. The van der Waals surface area contributed by atoms with Gasteiger partial charge in [0.15, 0.2) is 5.78 Å². The van der Waals surface area contributed by atoms with E-state index >= 15 is 0 Å². The van der Waals surface area contributed by atoms with Crippen LogP contribution in [0.5, 0.6) is 0 Å². The highest BCUT2D eigenvalue weighted by Gasteiger charge is 2.35. The Morgan fingerprint density at radius 3 is 2.24 bits per heavy atom. The summed E-state index contributed by atoms with van der Waals surface area (Å²) in [6, 6.07) is 12.4. The first-order valence-electron chi connectivity index (χ1n) is 7.02. The molecule has 0 spiro atoms. The zero-order valence-corrected chi connectivity index (χ0v) is 14.7. The van der Waals surface area contributed by atoms with Crippen molar-refractivity contribution in [2.45, 2.75) is 6.18 Å². The fraction of sp³-hybridized carbons (Fsp3) is 0.0556. The number of ketones is 1. The van der Waals surface area contributed by atoms with E-state index in [-0.39, 0.29) is 20.5 Å². The maximum Gasteiger partial charge on any atom is 0.417 e. The van der Waals surface area contributed by atoms with Crippen molar-refractivity contribution in [3.05, 3.63) is 75.1 Å². The van der Waals surface area contributed by atoms with Gasteiger partial charge in [-0.25, -0.2) is 0 Å². The summed E-state index contributed by atoms with van der Waals surface area (Å²) in [5.74, 6) is -0.718. The van der Waals surface area contributed by atoms with Crippen LogP contribution < -0.4 is 0 Å². The zero-order valence-electron chi connectivity index (χ0n) is 12.4. The van der Waals surface area contributed by atoms with E-state index in [0.29, 0.717) is 6.08 Å². The summed E-state index contributed by atoms with van der Waals surface area (Å²) < 4.78 is 41.2. The molecule has 0 aliphatic carbocycles. The van der Waals surface area contributed by atoms with Crippen molar-refractivity contribution in [2.75, 3.05) is 0 Å². The summed E-state index contributed by atoms with van der Waals surface area (Å²) in [6.07, 6.45) is -4.13. The Labute approximate surface area is 155 Å². The number of carbonyl (C=O) groups is 1.